The van der Waals surface area contributed by atoms with Gasteiger partial charge in [-0.05, 0) is 30.3 Å². The van der Waals surface area contributed by atoms with Gasteiger partial charge in [-0.15, -0.1) is 0 Å². The van der Waals surface area contributed by atoms with E-state index in [1.165, 1.54) is 6.92 Å². The smallest absolute Gasteiger partial charge is 0.320 e. The van der Waals surface area contributed by atoms with Gasteiger partial charge in [-0.25, -0.2) is 0 Å². The molecule has 0 heterocycles. The number of hydrogen-bond acceptors (Lipinski definition) is 4. The summed E-state index contributed by atoms with van der Waals surface area (Å²) in [4.78, 5) is 11.0. The molecule has 0 fully saturated rings. The van der Waals surface area contributed by atoms with Crippen LogP contribution in [0.15, 0.2) is 0 Å². The van der Waals surface area contributed by atoms with Crippen LogP contribution in [0.5, 0.6) is 0 Å². The highest BCUT2D eigenvalue weighted by Crippen LogP contribution is 2.01. The van der Waals surface area contributed by atoms with Gasteiger partial charge in [-0.3, -0.25) is 9.00 Å². The summed E-state index contributed by atoms with van der Waals surface area (Å²) >= 11 is -2.38. The Morgan fingerprint density at radius 1 is 1.46 bits per heavy atom. The maximum atomic E-state index is 11.0. The Labute approximate surface area is 80.9 Å². The van der Waals surface area contributed by atoms with Crippen molar-refractivity contribution in [3.63, 3.8) is 0 Å². The van der Waals surface area contributed by atoms with Gasteiger partial charge >= 0.3 is 5.97 Å². The normalized spacial score (nSPS) is 15.5. The Morgan fingerprint density at radius 2 is 2.00 bits per heavy atom. The molecule has 0 aliphatic rings. The number of carbonyl (C=O) groups is 1. The van der Waals surface area contributed by atoms with Crippen molar-refractivity contribution in [2.45, 2.75) is 32.4 Å². The Kier molecular flexibility index (Phi) is 5.90. The number of ether oxygens (including phenoxy) is 1. The van der Waals surface area contributed by atoms with E-state index in [-0.39, 0.29) is 6.61 Å². The Bertz CT molecular complexity index is 191. The molecule has 0 aromatic heterocycles. The third kappa shape index (κ3) is 5.76. The van der Waals surface area contributed by atoms with Gasteiger partial charge in [0.15, 0.2) is 0 Å². The standard InChI is InChI=1S/C8H16O4S/c1-6(2)4-5-12-8(9)7(3)13(10)11/h6-7H,4-5H2,1-3H3,(H,10,11)/p-1. The Balaban J connectivity index is 3.69. The minimum Gasteiger partial charge on any atom is -0.772 e. The predicted octanol–water partition coefficient (Wildman–Crippen LogP) is 0.843. The summed E-state index contributed by atoms with van der Waals surface area (Å²) in [5.74, 6) is -0.227. The van der Waals surface area contributed by atoms with Crippen LogP contribution in [0.1, 0.15) is 27.2 Å². The van der Waals surface area contributed by atoms with Crippen molar-refractivity contribution in [3.05, 3.63) is 0 Å². The van der Waals surface area contributed by atoms with Crippen molar-refractivity contribution < 1.29 is 18.3 Å². The SMILES string of the molecule is CC(C)CCOC(=O)C(C)S(=O)[O-]. The zero-order valence-corrected chi connectivity index (χ0v) is 8.93. The molecule has 0 aromatic carbocycles. The van der Waals surface area contributed by atoms with E-state index in [9.17, 15) is 13.6 Å². The highest BCUT2D eigenvalue weighted by molar-refractivity contribution is 7.80. The number of esters is 1. The van der Waals surface area contributed by atoms with E-state index in [1.807, 2.05) is 13.8 Å². The quantitative estimate of drug-likeness (QED) is 0.495. The van der Waals surface area contributed by atoms with E-state index in [1.54, 1.807) is 0 Å². The van der Waals surface area contributed by atoms with E-state index in [2.05, 4.69) is 0 Å². The highest BCUT2D eigenvalue weighted by Gasteiger charge is 2.14. The monoisotopic (exact) mass is 207 g/mol. The molecule has 2 unspecified atom stereocenters. The van der Waals surface area contributed by atoms with E-state index >= 15 is 0 Å². The molecule has 0 spiro atoms. The first-order valence-corrected chi connectivity index (χ1v) is 5.33. The fourth-order valence-corrected chi connectivity index (χ4v) is 0.816. The second-order valence-corrected chi connectivity index (χ2v) is 4.48. The lowest BCUT2D eigenvalue weighted by Crippen LogP contribution is -2.25. The van der Waals surface area contributed by atoms with Crippen LogP contribution in [0.25, 0.3) is 0 Å². The van der Waals surface area contributed by atoms with Crippen LogP contribution in [0.2, 0.25) is 0 Å². The van der Waals surface area contributed by atoms with Crippen molar-refractivity contribution in [2.24, 2.45) is 5.92 Å². The van der Waals surface area contributed by atoms with Crippen molar-refractivity contribution in [2.75, 3.05) is 6.61 Å². The third-order valence-electron chi connectivity index (χ3n) is 1.56. The lowest BCUT2D eigenvalue weighted by atomic mass is 10.1. The number of carbonyl (C=O) groups excluding carboxylic acids is 1. The van der Waals surface area contributed by atoms with E-state index < -0.39 is 22.3 Å². The molecule has 5 heteroatoms. The topological polar surface area (TPSA) is 66.4 Å². The van der Waals surface area contributed by atoms with Crippen LogP contribution < -0.4 is 0 Å². The number of rotatable bonds is 5. The molecule has 78 valence electrons. The van der Waals surface area contributed by atoms with Gasteiger partial charge in [0, 0.05) is 0 Å². The summed E-state index contributed by atoms with van der Waals surface area (Å²) in [6.07, 6.45) is 0.754. The van der Waals surface area contributed by atoms with E-state index in [0.717, 1.165) is 6.42 Å². The van der Waals surface area contributed by atoms with Crippen LogP contribution in [0.4, 0.5) is 0 Å². The summed E-state index contributed by atoms with van der Waals surface area (Å²) in [6.45, 7) is 5.60. The van der Waals surface area contributed by atoms with Crippen molar-refractivity contribution >= 4 is 17.0 Å². The lowest BCUT2D eigenvalue weighted by Gasteiger charge is -2.14. The minimum atomic E-state index is -2.38. The maximum absolute atomic E-state index is 11.0. The first-order chi connectivity index (χ1) is 5.95. The van der Waals surface area contributed by atoms with E-state index in [4.69, 9.17) is 4.74 Å². The fourth-order valence-electron chi connectivity index (χ4n) is 0.591. The molecule has 0 saturated carbocycles. The van der Waals surface area contributed by atoms with Gasteiger partial charge in [0.05, 0.1) is 6.61 Å². The average Bonchev–Trinajstić information content (AvgIpc) is 2.02. The van der Waals surface area contributed by atoms with Crippen LogP contribution in [-0.4, -0.2) is 26.6 Å². The second kappa shape index (κ2) is 6.10. The van der Waals surface area contributed by atoms with Gasteiger partial charge in [0.1, 0.15) is 5.25 Å². The van der Waals surface area contributed by atoms with Crippen LogP contribution in [0.3, 0.4) is 0 Å². The number of hydrogen-bond donors (Lipinski definition) is 0. The molecule has 0 N–H and O–H groups in total. The maximum Gasteiger partial charge on any atom is 0.320 e. The summed E-state index contributed by atoms with van der Waals surface area (Å²) in [6, 6.07) is 0. The van der Waals surface area contributed by atoms with Gasteiger partial charge in [-0.2, -0.15) is 0 Å². The average molecular weight is 207 g/mol. The van der Waals surface area contributed by atoms with Gasteiger partial charge in [0.2, 0.25) is 0 Å². The molecule has 13 heavy (non-hydrogen) atoms. The molecule has 0 radical (unpaired) electrons. The van der Waals surface area contributed by atoms with E-state index in [0.29, 0.717) is 5.92 Å². The second-order valence-electron chi connectivity index (χ2n) is 3.25. The molecule has 0 amide bonds. The molecule has 0 aliphatic carbocycles. The minimum absolute atomic E-state index is 0.290. The fraction of sp³-hybridized carbons (Fsp3) is 0.875. The van der Waals surface area contributed by atoms with Crippen molar-refractivity contribution in [1.82, 2.24) is 0 Å². The Morgan fingerprint density at radius 3 is 2.38 bits per heavy atom. The summed E-state index contributed by atoms with van der Waals surface area (Å²) < 4.78 is 25.4. The summed E-state index contributed by atoms with van der Waals surface area (Å²) in [5.41, 5.74) is 0. The lowest BCUT2D eigenvalue weighted by molar-refractivity contribution is -0.143. The van der Waals surface area contributed by atoms with Crippen LogP contribution >= 0.6 is 0 Å². The van der Waals surface area contributed by atoms with Gasteiger partial charge in [0.25, 0.3) is 0 Å². The van der Waals surface area contributed by atoms with Gasteiger partial charge < -0.3 is 9.29 Å². The molecule has 2 atom stereocenters. The third-order valence-corrected chi connectivity index (χ3v) is 2.33. The van der Waals surface area contributed by atoms with Crippen molar-refractivity contribution in [3.8, 4) is 0 Å². The van der Waals surface area contributed by atoms with Crippen LogP contribution in [-0.2, 0) is 20.6 Å². The zero-order valence-electron chi connectivity index (χ0n) is 8.11. The first kappa shape index (κ1) is 12.6. The molecular formula is C8H15O4S-. The van der Waals surface area contributed by atoms with Crippen molar-refractivity contribution in [1.29, 1.82) is 0 Å². The molecule has 0 saturated heterocycles. The zero-order chi connectivity index (χ0) is 10.4. The van der Waals surface area contributed by atoms with Crippen LogP contribution in [0, 0.1) is 5.92 Å². The Hall–Kier alpha value is -0.420. The summed E-state index contributed by atoms with van der Waals surface area (Å²) in [5, 5.41) is -1.06. The molecule has 0 aliphatic heterocycles. The first-order valence-electron chi connectivity index (χ1n) is 4.19. The molecule has 0 bridgehead atoms. The summed E-state index contributed by atoms with van der Waals surface area (Å²) in [7, 11) is 0. The molecule has 0 rings (SSSR count). The van der Waals surface area contributed by atoms with Gasteiger partial charge in [-0.1, -0.05) is 13.8 Å². The molecule has 4 nitrogen and oxygen atoms in total. The predicted molar refractivity (Wildman–Crippen MR) is 48.8 cm³/mol. The highest BCUT2D eigenvalue weighted by atomic mass is 32.2. The molecule has 0 aromatic rings. The molecular weight excluding hydrogens is 192 g/mol. The largest absolute Gasteiger partial charge is 0.772 e.